The number of hydrogen-bond donors (Lipinski definition) is 1. The maximum Gasteiger partial charge on any atom is 0.131 e. The van der Waals surface area contributed by atoms with E-state index in [0.29, 0.717) is 0 Å². The van der Waals surface area contributed by atoms with Crippen LogP contribution < -0.4 is 5.73 Å². The molecule has 0 saturated heterocycles. The van der Waals surface area contributed by atoms with E-state index in [1.165, 1.54) is 0 Å². The normalized spacial score (nSPS) is 12.9. The van der Waals surface area contributed by atoms with E-state index in [1.807, 2.05) is 23.9 Å². The van der Waals surface area contributed by atoms with Crippen molar-refractivity contribution in [3.8, 4) is 0 Å². The van der Waals surface area contributed by atoms with Crippen LogP contribution in [0, 0.1) is 6.92 Å². The molecular formula is C12H19N5. The van der Waals surface area contributed by atoms with Gasteiger partial charge in [-0.1, -0.05) is 0 Å². The van der Waals surface area contributed by atoms with Gasteiger partial charge in [-0.05, 0) is 26.8 Å². The molecular weight excluding hydrogens is 214 g/mol. The Kier molecular flexibility index (Phi) is 3.28. The molecule has 2 aromatic rings. The molecule has 2 N–H and O–H groups in total. The first-order chi connectivity index (χ1) is 8.17. The maximum atomic E-state index is 6.28. The Balaban J connectivity index is 2.39. The van der Waals surface area contributed by atoms with Crippen LogP contribution in [0.15, 0.2) is 18.5 Å². The zero-order valence-corrected chi connectivity index (χ0v) is 10.6. The standard InChI is InChI=1S/C12H19N5/c1-4-16-7-6-14-12(16)11(13)10-8-9(3)15-17(10)5-2/h6-8,11H,4-5,13H2,1-3H3. The molecule has 1 atom stereocenters. The summed E-state index contributed by atoms with van der Waals surface area (Å²) in [5.74, 6) is 0.891. The van der Waals surface area contributed by atoms with E-state index < -0.39 is 0 Å². The second kappa shape index (κ2) is 4.71. The summed E-state index contributed by atoms with van der Waals surface area (Å²) < 4.78 is 4.00. The molecule has 0 radical (unpaired) electrons. The van der Waals surface area contributed by atoms with Crippen molar-refractivity contribution in [2.45, 2.75) is 39.9 Å². The van der Waals surface area contributed by atoms with E-state index in [0.717, 1.165) is 30.3 Å². The second-order valence-corrected chi connectivity index (χ2v) is 4.08. The summed E-state index contributed by atoms with van der Waals surface area (Å²) in [4.78, 5) is 4.34. The molecule has 0 bridgehead atoms. The molecule has 92 valence electrons. The number of aromatic nitrogens is 4. The Hall–Kier alpha value is -1.62. The van der Waals surface area contributed by atoms with E-state index >= 15 is 0 Å². The lowest BCUT2D eigenvalue weighted by atomic mass is 10.2. The summed E-state index contributed by atoms with van der Waals surface area (Å²) in [6.45, 7) is 7.83. The summed E-state index contributed by atoms with van der Waals surface area (Å²) in [5, 5.41) is 4.42. The lowest BCUT2D eigenvalue weighted by Crippen LogP contribution is -2.21. The fraction of sp³-hybridized carbons (Fsp3) is 0.500. The number of imidazole rings is 1. The summed E-state index contributed by atoms with van der Waals surface area (Å²) >= 11 is 0. The third-order valence-corrected chi connectivity index (χ3v) is 2.92. The van der Waals surface area contributed by atoms with Crippen molar-refractivity contribution >= 4 is 0 Å². The fourth-order valence-electron chi connectivity index (χ4n) is 2.07. The van der Waals surface area contributed by atoms with Gasteiger partial charge in [-0.15, -0.1) is 0 Å². The van der Waals surface area contributed by atoms with E-state index in [2.05, 4.69) is 28.5 Å². The summed E-state index contributed by atoms with van der Waals surface area (Å²) in [6, 6.07) is 1.81. The molecule has 5 heteroatoms. The topological polar surface area (TPSA) is 61.7 Å². The minimum atomic E-state index is -0.217. The zero-order valence-electron chi connectivity index (χ0n) is 10.6. The van der Waals surface area contributed by atoms with Gasteiger partial charge in [0.25, 0.3) is 0 Å². The van der Waals surface area contributed by atoms with E-state index in [4.69, 9.17) is 5.73 Å². The Labute approximate surface area is 101 Å². The fourth-order valence-corrected chi connectivity index (χ4v) is 2.07. The Morgan fingerprint density at radius 3 is 2.76 bits per heavy atom. The molecule has 0 fully saturated rings. The second-order valence-electron chi connectivity index (χ2n) is 4.08. The van der Waals surface area contributed by atoms with Crippen molar-refractivity contribution in [1.82, 2.24) is 19.3 Å². The van der Waals surface area contributed by atoms with Crippen molar-refractivity contribution in [2.75, 3.05) is 0 Å². The van der Waals surface area contributed by atoms with Gasteiger partial charge in [0, 0.05) is 25.5 Å². The summed E-state index contributed by atoms with van der Waals surface area (Å²) in [6.07, 6.45) is 3.74. The number of nitrogens with zero attached hydrogens (tertiary/aromatic N) is 4. The van der Waals surface area contributed by atoms with Crippen LogP contribution in [-0.4, -0.2) is 19.3 Å². The van der Waals surface area contributed by atoms with Gasteiger partial charge >= 0.3 is 0 Å². The van der Waals surface area contributed by atoms with Gasteiger partial charge < -0.3 is 10.3 Å². The molecule has 0 amide bonds. The largest absolute Gasteiger partial charge is 0.334 e. The monoisotopic (exact) mass is 233 g/mol. The molecule has 0 aromatic carbocycles. The first kappa shape index (κ1) is 11.9. The smallest absolute Gasteiger partial charge is 0.131 e. The lowest BCUT2D eigenvalue weighted by molar-refractivity contribution is 0.569. The van der Waals surface area contributed by atoms with Crippen molar-refractivity contribution in [1.29, 1.82) is 0 Å². The molecule has 1 unspecified atom stereocenters. The average molecular weight is 233 g/mol. The van der Waals surface area contributed by atoms with Crippen LogP contribution in [0.3, 0.4) is 0 Å². The highest BCUT2D eigenvalue weighted by Crippen LogP contribution is 2.19. The molecule has 2 aromatic heterocycles. The maximum absolute atomic E-state index is 6.28. The molecule has 0 aliphatic carbocycles. The Morgan fingerprint density at radius 1 is 1.35 bits per heavy atom. The van der Waals surface area contributed by atoms with Crippen LogP contribution in [0.2, 0.25) is 0 Å². The third-order valence-electron chi connectivity index (χ3n) is 2.92. The SMILES string of the molecule is CCn1ccnc1C(N)c1cc(C)nn1CC. The Morgan fingerprint density at radius 2 is 2.12 bits per heavy atom. The van der Waals surface area contributed by atoms with Crippen molar-refractivity contribution < 1.29 is 0 Å². The predicted molar refractivity (Wildman–Crippen MR) is 66.6 cm³/mol. The van der Waals surface area contributed by atoms with Crippen LogP contribution in [0.1, 0.15) is 37.1 Å². The highest BCUT2D eigenvalue weighted by atomic mass is 15.3. The lowest BCUT2D eigenvalue weighted by Gasteiger charge is -2.14. The minimum Gasteiger partial charge on any atom is -0.334 e. The van der Waals surface area contributed by atoms with E-state index in [1.54, 1.807) is 6.20 Å². The van der Waals surface area contributed by atoms with Crippen LogP contribution in [0.5, 0.6) is 0 Å². The quantitative estimate of drug-likeness (QED) is 0.870. The molecule has 0 spiro atoms. The van der Waals surface area contributed by atoms with Crippen LogP contribution in [0.4, 0.5) is 0 Å². The molecule has 2 heterocycles. The summed E-state index contributed by atoms with van der Waals surface area (Å²) in [7, 11) is 0. The van der Waals surface area contributed by atoms with E-state index in [9.17, 15) is 0 Å². The molecule has 0 aliphatic heterocycles. The molecule has 0 aliphatic rings. The molecule has 17 heavy (non-hydrogen) atoms. The van der Waals surface area contributed by atoms with Gasteiger partial charge in [0.2, 0.25) is 0 Å². The van der Waals surface area contributed by atoms with Gasteiger partial charge in [0.15, 0.2) is 0 Å². The van der Waals surface area contributed by atoms with Gasteiger partial charge in [0.05, 0.1) is 11.4 Å². The highest BCUT2D eigenvalue weighted by molar-refractivity contribution is 5.20. The van der Waals surface area contributed by atoms with Crippen LogP contribution >= 0.6 is 0 Å². The molecule has 5 nitrogen and oxygen atoms in total. The molecule has 0 saturated carbocycles. The van der Waals surface area contributed by atoms with Crippen molar-refractivity contribution in [2.24, 2.45) is 5.73 Å². The first-order valence-electron chi connectivity index (χ1n) is 5.98. The number of nitrogens with two attached hydrogens (primary N) is 1. The third kappa shape index (κ3) is 2.10. The van der Waals surface area contributed by atoms with Gasteiger partial charge in [-0.2, -0.15) is 5.10 Å². The summed E-state index contributed by atoms with van der Waals surface area (Å²) in [5.41, 5.74) is 8.29. The van der Waals surface area contributed by atoms with Gasteiger partial charge in [-0.3, -0.25) is 4.68 Å². The zero-order chi connectivity index (χ0) is 12.4. The predicted octanol–water partition coefficient (Wildman–Crippen LogP) is 1.48. The number of rotatable bonds is 4. The first-order valence-corrected chi connectivity index (χ1v) is 5.98. The average Bonchev–Trinajstić information content (AvgIpc) is 2.93. The van der Waals surface area contributed by atoms with Crippen LogP contribution in [-0.2, 0) is 13.1 Å². The van der Waals surface area contributed by atoms with Crippen molar-refractivity contribution in [3.63, 3.8) is 0 Å². The van der Waals surface area contributed by atoms with Gasteiger partial charge in [0.1, 0.15) is 11.9 Å². The van der Waals surface area contributed by atoms with Crippen molar-refractivity contribution in [3.05, 3.63) is 35.7 Å². The minimum absolute atomic E-state index is 0.217. The van der Waals surface area contributed by atoms with Crippen LogP contribution in [0.25, 0.3) is 0 Å². The van der Waals surface area contributed by atoms with Gasteiger partial charge in [-0.25, -0.2) is 4.98 Å². The number of aryl methyl sites for hydroxylation is 3. The van der Waals surface area contributed by atoms with E-state index in [-0.39, 0.29) is 6.04 Å². The number of hydrogen-bond acceptors (Lipinski definition) is 3. The molecule has 2 rings (SSSR count). The Bertz CT molecular complexity index is 497. The highest BCUT2D eigenvalue weighted by Gasteiger charge is 2.18.